The van der Waals surface area contributed by atoms with Gasteiger partial charge in [0.05, 0.1) is 4.92 Å². The maximum absolute atomic E-state index is 13.5. The van der Waals surface area contributed by atoms with Crippen LogP contribution in [0.1, 0.15) is 5.56 Å². The Hall–Kier alpha value is -2.63. The molecule has 0 aliphatic carbocycles. The summed E-state index contributed by atoms with van der Waals surface area (Å²) in [5.41, 5.74) is 1.17. The van der Waals surface area contributed by atoms with E-state index in [9.17, 15) is 14.5 Å². The van der Waals surface area contributed by atoms with Gasteiger partial charge >= 0.3 is 5.69 Å². The third-order valence-corrected chi connectivity index (χ3v) is 2.92. The predicted octanol–water partition coefficient (Wildman–Crippen LogP) is 3.39. The molecule has 20 heavy (non-hydrogen) atoms. The molecule has 0 spiro atoms. The smallest absolute Gasteiger partial charge is 0.315 e. The molecule has 0 aliphatic heterocycles. The van der Waals surface area contributed by atoms with Crippen LogP contribution in [0.2, 0.25) is 0 Å². The number of hydrogen-bond acceptors (Lipinski definition) is 4. The van der Waals surface area contributed by atoms with Crippen LogP contribution in [0, 0.1) is 15.9 Å². The standard InChI is InChI=1S/C14H14FN3O2/c1-16-12-7-4-8-13(14(12)18(19)20)17-9-10-5-2-3-6-11(10)15/h2-8,16-17H,9H2,1H3. The summed E-state index contributed by atoms with van der Waals surface area (Å²) in [5, 5.41) is 16.8. The number of nitrogens with one attached hydrogen (secondary N) is 2. The van der Waals surface area contributed by atoms with Crippen molar-refractivity contribution in [3.63, 3.8) is 0 Å². The van der Waals surface area contributed by atoms with E-state index in [1.807, 2.05) is 0 Å². The quantitative estimate of drug-likeness (QED) is 0.648. The zero-order valence-electron chi connectivity index (χ0n) is 10.9. The number of nitro groups is 1. The van der Waals surface area contributed by atoms with Gasteiger partial charge in [-0.25, -0.2) is 4.39 Å². The van der Waals surface area contributed by atoms with E-state index in [1.54, 1.807) is 43.4 Å². The number of para-hydroxylation sites is 1. The Labute approximate surface area is 115 Å². The highest BCUT2D eigenvalue weighted by molar-refractivity contribution is 5.76. The molecule has 0 amide bonds. The Kier molecular flexibility index (Phi) is 4.14. The molecule has 0 atom stereocenters. The second-order valence-electron chi connectivity index (χ2n) is 4.15. The molecule has 0 saturated carbocycles. The third-order valence-electron chi connectivity index (χ3n) is 2.92. The number of benzene rings is 2. The van der Waals surface area contributed by atoms with Gasteiger partial charge in [0.1, 0.15) is 17.2 Å². The van der Waals surface area contributed by atoms with Gasteiger partial charge in [-0.1, -0.05) is 24.3 Å². The molecule has 2 N–H and O–H groups in total. The molecule has 6 heteroatoms. The van der Waals surface area contributed by atoms with Crippen molar-refractivity contribution in [2.75, 3.05) is 17.7 Å². The number of nitrogens with zero attached hydrogens (tertiary/aromatic N) is 1. The van der Waals surface area contributed by atoms with E-state index >= 15 is 0 Å². The topological polar surface area (TPSA) is 67.2 Å². The minimum atomic E-state index is -0.463. The van der Waals surface area contributed by atoms with Crippen LogP contribution in [0.3, 0.4) is 0 Å². The molecule has 0 unspecified atom stereocenters. The van der Waals surface area contributed by atoms with Gasteiger partial charge in [0.15, 0.2) is 0 Å². The average molecular weight is 275 g/mol. The Morgan fingerprint density at radius 1 is 1.15 bits per heavy atom. The molecule has 104 valence electrons. The fraction of sp³-hybridized carbons (Fsp3) is 0.143. The molecule has 0 saturated heterocycles. The Morgan fingerprint density at radius 2 is 1.85 bits per heavy atom. The molecule has 2 aromatic rings. The summed E-state index contributed by atoms with van der Waals surface area (Å²) in [7, 11) is 1.61. The number of nitro benzene ring substituents is 1. The summed E-state index contributed by atoms with van der Waals surface area (Å²) in [4.78, 5) is 10.7. The summed E-state index contributed by atoms with van der Waals surface area (Å²) in [5.74, 6) is -0.340. The van der Waals surface area contributed by atoms with E-state index in [-0.39, 0.29) is 18.0 Å². The zero-order chi connectivity index (χ0) is 14.5. The van der Waals surface area contributed by atoms with Gasteiger partial charge in [-0.05, 0) is 18.2 Å². The summed E-state index contributed by atoms with van der Waals surface area (Å²) in [6.07, 6.45) is 0. The first kappa shape index (κ1) is 13.8. The van der Waals surface area contributed by atoms with Gasteiger partial charge in [0, 0.05) is 19.2 Å². The first-order chi connectivity index (χ1) is 9.63. The van der Waals surface area contributed by atoms with Gasteiger partial charge in [-0.2, -0.15) is 0 Å². The lowest BCUT2D eigenvalue weighted by Crippen LogP contribution is -2.06. The minimum Gasteiger partial charge on any atom is -0.382 e. The van der Waals surface area contributed by atoms with E-state index < -0.39 is 4.92 Å². The Balaban J connectivity index is 2.26. The highest BCUT2D eigenvalue weighted by Gasteiger charge is 2.18. The lowest BCUT2D eigenvalue weighted by atomic mass is 10.2. The Bertz CT molecular complexity index is 632. The Morgan fingerprint density at radius 3 is 2.50 bits per heavy atom. The van der Waals surface area contributed by atoms with E-state index in [2.05, 4.69) is 10.6 Å². The van der Waals surface area contributed by atoms with Crippen LogP contribution in [0.5, 0.6) is 0 Å². The maximum atomic E-state index is 13.5. The van der Waals surface area contributed by atoms with Gasteiger partial charge in [0.25, 0.3) is 0 Å². The van der Waals surface area contributed by atoms with Crippen LogP contribution in [-0.4, -0.2) is 12.0 Å². The average Bonchev–Trinajstić information content (AvgIpc) is 2.45. The summed E-state index contributed by atoms with van der Waals surface area (Å²) < 4.78 is 13.5. The van der Waals surface area contributed by atoms with Gasteiger partial charge in [-0.15, -0.1) is 0 Å². The molecule has 0 aliphatic rings. The summed E-state index contributed by atoms with van der Waals surface area (Å²) in [6.45, 7) is 0.181. The van der Waals surface area contributed by atoms with Crippen LogP contribution in [-0.2, 0) is 6.54 Å². The molecule has 0 heterocycles. The highest BCUT2D eigenvalue weighted by atomic mass is 19.1. The van der Waals surface area contributed by atoms with E-state index in [0.717, 1.165) is 0 Å². The second kappa shape index (κ2) is 6.01. The first-order valence-corrected chi connectivity index (χ1v) is 6.06. The van der Waals surface area contributed by atoms with Crippen LogP contribution in [0.4, 0.5) is 21.5 Å². The fourth-order valence-electron chi connectivity index (χ4n) is 1.92. The number of rotatable bonds is 5. The molecule has 0 aromatic heterocycles. The van der Waals surface area contributed by atoms with Crippen molar-refractivity contribution in [2.24, 2.45) is 0 Å². The van der Waals surface area contributed by atoms with Crippen LogP contribution < -0.4 is 10.6 Å². The maximum Gasteiger partial charge on any atom is 0.315 e. The van der Waals surface area contributed by atoms with Crippen molar-refractivity contribution >= 4 is 17.1 Å². The lowest BCUT2D eigenvalue weighted by molar-refractivity contribution is -0.383. The van der Waals surface area contributed by atoms with Gasteiger partial charge in [-0.3, -0.25) is 10.1 Å². The van der Waals surface area contributed by atoms with Gasteiger partial charge in [0.2, 0.25) is 0 Å². The number of anilines is 2. The molecule has 5 nitrogen and oxygen atoms in total. The molecule has 2 rings (SSSR count). The predicted molar refractivity (Wildman–Crippen MR) is 76.4 cm³/mol. The van der Waals surface area contributed by atoms with Gasteiger partial charge < -0.3 is 10.6 Å². The highest BCUT2D eigenvalue weighted by Crippen LogP contribution is 2.32. The van der Waals surface area contributed by atoms with Crippen LogP contribution >= 0.6 is 0 Å². The second-order valence-corrected chi connectivity index (χ2v) is 4.15. The first-order valence-electron chi connectivity index (χ1n) is 6.06. The molecule has 2 aromatic carbocycles. The van der Waals surface area contributed by atoms with Crippen molar-refractivity contribution in [3.05, 3.63) is 64.0 Å². The van der Waals surface area contributed by atoms with Crippen LogP contribution in [0.15, 0.2) is 42.5 Å². The molecule has 0 bridgehead atoms. The van der Waals surface area contributed by atoms with Crippen molar-refractivity contribution in [1.82, 2.24) is 0 Å². The van der Waals surface area contributed by atoms with Crippen molar-refractivity contribution in [1.29, 1.82) is 0 Å². The number of halogens is 1. The largest absolute Gasteiger partial charge is 0.382 e. The van der Waals surface area contributed by atoms with E-state index in [1.165, 1.54) is 6.07 Å². The molecular weight excluding hydrogens is 261 g/mol. The summed E-state index contributed by atoms with van der Waals surface area (Å²) >= 11 is 0. The minimum absolute atomic E-state index is 0.0497. The lowest BCUT2D eigenvalue weighted by Gasteiger charge is -2.10. The van der Waals surface area contributed by atoms with Crippen LogP contribution in [0.25, 0.3) is 0 Å². The van der Waals surface area contributed by atoms with Crippen molar-refractivity contribution in [2.45, 2.75) is 6.54 Å². The molecule has 0 fully saturated rings. The van der Waals surface area contributed by atoms with Crippen molar-refractivity contribution < 1.29 is 9.31 Å². The summed E-state index contributed by atoms with van der Waals surface area (Å²) in [6, 6.07) is 11.2. The number of hydrogen-bond donors (Lipinski definition) is 2. The molecule has 0 radical (unpaired) electrons. The van der Waals surface area contributed by atoms with Crippen molar-refractivity contribution in [3.8, 4) is 0 Å². The molecular formula is C14H14FN3O2. The fourth-order valence-corrected chi connectivity index (χ4v) is 1.92. The third kappa shape index (κ3) is 2.85. The monoisotopic (exact) mass is 275 g/mol. The van der Waals surface area contributed by atoms with E-state index in [4.69, 9.17) is 0 Å². The zero-order valence-corrected chi connectivity index (χ0v) is 10.9. The van der Waals surface area contributed by atoms with E-state index in [0.29, 0.717) is 16.9 Å². The normalized spacial score (nSPS) is 10.1. The SMILES string of the molecule is CNc1cccc(NCc2ccccc2F)c1[N+](=O)[O-].